The second-order valence-electron chi connectivity index (χ2n) is 5.02. The van der Waals surface area contributed by atoms with Crippen LogP contribution in [0.2, 0.25) is 10.0 Å². The van der Waals surface area contributed by atoms with E-state index >= 15 is 0 Å². The Morgan fingerprint density at radius 2 is 1.84 bits per heavy atom. The highest BCUT2D eigenvalue weighted by atomic mass is 35.5. The van der Waals surface area contributed by atoms with E-state index in [1.165, 1.54) is 0 Å². The van der Waals surface area contributed by atoms with Crippen LogP contribution in [0.4, 0.5) is 0 Å². The molecule has 0 fully saturated rings. The van der Waals surface area contributed by atoms with E-state index in [2.05, 4.69) is 0 Å². The van der Waals surface area contributed by atoms with Crippen LogP contribution < -0.4 is 0 Å². The molecule has 0 saturated heterocycles. The van der Waals surface area contributed by atoms with Crippen molar-refractivity contribution in [3.8, 4) is 0 Å². The fourth-order valence-electron chi connectivity index (χ4n) is 1.64. The fraction of sp³-hybridized carbons (Fsp3) is 0.500. The number of likely N-dealkylation sites (N-methyl/N-ethyl adjacent to an activating group) is 2. The number of carbonyl (C=O) groups is 1. The van der Waals surface area contributed by atoms with Crippen molar-refractivity contribution in [1.82, 2.24) is 9.80 Å². The molecule has 19 heavy (non-hydrogen) atoms. The van der Waals surface area contributed by atoms with Crippen molar-refractivity contribution < 1.29 is 4.79 Å². The van der Waals surface area contributed by atoms with Gasteiger partial charge < -0.3 is 4.90 Å². The first kappa shape index (κ1) is 16.3. The minimum atomic E-state index is 0.109. The van der Waals surface area contributed by atoms with Gasteiger partial charge in [0.05, 0.1) is 16.6 Å². The predicted octanol–water partition coefficient (Wildman–Crippen LogP) is 3.29. The average Bonchev–Trinajstić information content (AvgIpc) is 2.32. The van der Waals surface area contributed by atoms with E-state index in [1.807, 2.05) is 45.0 Å². The molecular formula is C14H20Cl2N2O. The summed E-state index contributed by atoms with van der Waals surface area (Å²) in [5.41, 5.74) is 1.04. The van der Waals surface area contributed by atoms with Gasteiger partial charge in [-0.05, 0) is 38.6 Å². The summed E-state index contributed by atoms with van der Waals surface area (Å²) in [5.74, 6) is 0.109. The monoisotopic (exact) mass is 302 g/mol. The van der Waals surface area contributed by atoms with Gasteiger partial charge in [-0.3, -0.25) is 9.69 Å². The lowest BCUT2D eigenvalue weighted by Gasteiger charge is -2.25. The van der Waals surface area contributed by atoms with Gasteiger partial charge in [-0.15, -0.1) is 0 Å². The van der Waals surface area contributed by atoms with E-state index in [4.69, 9.17) is 23.2 Å². The van der Waals surface area contributed by atoms with Crippen LogP contribution in [0.25, 0.3) is 0 Å². The van der Waals surface area contributed by atoms with Gasteiger partial charge in [0.25, 0.3) is 0 Å². The SMILES string of the molecule is CC(C)N(C)C(=O)CN(C)Cc1ccc(Cl)c(Cl)c1. The van der Waals surface area contributed by atoms with Gasteiger partial charge in [0, 0.05) is 19.6 Å². The first-order chi connectivity index (χ1) is 8.81. The minimum Gasteiger partial charge on any atom is -0.342 e. The molecule has 0 unspecified atom stereocenters. The number of nitrogens with zero attached hydrogens (tertiary/aromatic N) is 2. The molecule has 106 valence electrons. The molecular weight excluding hydrogens is 283 g/mol. The summed E-state index contributed by atoms with van der Waals surface area (Å²) >= 11 is 11.8. The summed E-state index contributed by atoms with van der Waals surface area (Å²) in [4.78, 5) is 15.6. The van der Waals surface area contributed by atoms with Crippen molar-refractivity contribution in [3.05, 3.63) is 33.8 Å². The van der Waals surface area contributed by atoms with E-state index in [0.29, 0.717) is 23.1 Å². The maximum absolute atomic E-state index is 11.9. The largest absolute Gasteiger partial charge is 0.342 e. The topological polar surface area (TPSA) is 23.6 Å². The molecule has 5 heteroatoms. The summed E-state index contributed by atoms with van der Waals surface area (Å²) in [6, 6.07) is 5.74. The highest BCUT2D eigenvalue weighted by molar-refractivity contribution is 6.42. The lowest BCUT2D eigenvalue weighted by Crippen LogP contribution is -2.39. The Balaban J connectivity index is 2.57. The third-order valence-corrected chi connectivity index (χ3v) is 3.75. The number of carbonyl (C=O) groups excluding carboxylic acids is 1. The lowest BCUT2D eigenvalue weighted by atomic mass is 10.2. The van der Waals surface area contributed by atoms with Crippen LogP contribution in [0.3, 0.4) is 0 Å². The van der Waals surface area contributed by atoms with Crippen LogP contribution in [0.1, 0.15) is 19.4 Å². The second kappa shape index (κ2) is 7.13. The molecule has 1 aromatic carbocycles. The number of halogens is 2. The molecule has 1 aromatic rings. The quantitative estimate of drug-likeness (QED) is 0.833. The van der Waals surface area contributed by atoms with Gasteiger partial charge in [0.15, 0.2) is 0 Å². The molecule has 1 rings (SSSR count). The Morgan fingerprint density at radius 1 is 1.21 bits per heavy atom. The predicted molar refractivity (Wildman–Crippen MR) is 80.7 cm³/mol. The van der Waals surface area contributed by atoms with E-state index in [9.17, 15) is 4.79 Å². The van der Waals surface area contributed by atoms with Crippen molar-refractivity contribution in [2.45, 2.75) is 26.4 Å². The molecule has 3 nitrogen and oxygen atoms in total. The van der Waals surface area contributed by atoms with Crippen molar-refractivity contribution in [2.24, 2.45) is 0 Å². The normalized spacial score (nSPS) is 11.2. The third-order valence-electron chi connectivity index (χ3n) is 3.01. The third kappa shape index (κ3) is 5.01. The maximum Gasteiger partial charge on any atom is 0.236 e. The van der Waals surface area contributed by atoms with E-state index in [1.54, 1.807) is 11.0 Å². The second-order valence-corrected chi connectivity index (χ2v) is 5.83. The summed E-state index contributed by atoms with van der Waals surface area (Å²) in [6.07, 6.45) is 0. The molecule has 0 radical (unpaired) electrons. The molecule has 0 aromatic heterocycles. The maximum atomic E-state index is 11.9. The zero-order chi connectivity index (χ0) is 14.6. The molecule has 1 amide bonds. The first-order valence-corrected chi connectivity index (χ1v) is 6.95. The molecule has 0 aliphatic heterocycles. The summed E-state index contributed by atoms with van der Waals surface area (Å²) in [6.45, 7) is 5.04. The van der Waals surface area contributed by atoms with Crippen LogP contribution in [0.5, 0.6) is 0 Å². The van der Waals surface area contributed by atoms with Gasteiger partial charge >= 0.3 is 0 Å². The highest BCUT2D eigenvalue weighted by Crippen LogP contribution is 2.23. The van der Waals surface area contributed by atoms with Crippen LogP contribution in [0, 0.1) is 0 Å². The molecule has 0 heterocycles. The fourth-order valence-corrected chi connectivity index (χ4v) is 1.96. The van der Waals surface area contributed by atoms with Crippen LogP contribution in [0.15, 0.2) is 18.2 Å². The summed E-state index contributed by atoms with van der Waals surface area (Å²) in [5, 5.41) is 1.09. The van der Waals surface area contributed by atoms with Gasteiger partial charge in [-0.2, -0.15) is 0 Å². The van der Waals surface area contributed by atoms with Crippen molar-refractivity contribution >= 4 is 29.1 Å². The van der Waals surface area contributed by atoms with Gasteiger partial charge in [-0.25, -0.2) is 0 Å². The number of rotatable bonds is 5. The van der Waals surface area contributed by atoms with Gasteiger partial charge in [0.1, 0.15) is 0 Å². The Bertz CT molecular complexity index is 449. The average molecular weight is 303 g/mol. The molecule has 0 saturated carbocycles. The number of hydrogen-bond donors (Lipinski definition) is 0. The van der Waals surface area contributed by atoms with Crippen LogP contribution >= 0.6 is 23.2 Å². The zero-order valence-corrected chi connectivity index (χ0v) is 13.3. The Kier molecular flexibility index (Phi) is 6.11. The van der Waals surface area contributed by atoms with Crippen molar-refractivity contribution in [1.29, 1.82) is 0 Å². The number of benzene rings is 1. The molecule has 0 atom stereocenters. The standard InChI is InChI=1S/C14H20Cl2N2O/c1-10(2)18(4)14(19)9-17(3)8-11-5-6-12(15)13(16)7-11/h5-7,10H,8-9H2,1-4H3. The Labute approximate surface area is 125 Å². The first-order valence-electron chi connectivity index (χ1n) is 6.19. The van der Waals surface area contributed by atoms with Crippen LogP contribution in [-0.4, -0.2) is 42.4 Å². The highest BCUT2D eigenvalue weighted by Gasteiger charge is 2.14. The van der Waals surface area contributed by atoms with Crippen molar-refractivity contribution in [2.75, 3.05) is 20.6 Å². The summed E-state index contributed by atoms with van der Waals surface area (Å²) < 4.78 is 0. The molecule has 0 bridgehead atoms. The van der Waals surface area contributed by atoms with E-state index < -0.39 is 0 Å². The zero-order valence-electron chi connectivity index (χ0n) is 11.8. The molecule has 0 aliphatic rings. The minimum absolute atomic E-state index is 0.109. The van der Waals surface area contributed by atoms with Crippen molar-refractivity contribution in [3.63, 3.8) is 0 Å². The lowest BCUT2D eigenvalue weighted by molar-refractivity contribution is -0.132. The van der Waals surface area contributed by atoms with Gasteiger partial charge in [0.2, 0.25) is 5.91 Å². The Hall–Kier alpha value is -0.770. The van der Waals surface area contributed by atoms with Gasteiger partial charge in [-0.1, -0.05) is 29.3 Å². The molecule has 0 aliphatic carbocycles. The number of hydrogen-bond acceptors (Lipinski definition) is 2. The molecule has 0 N–H and O–H groups in total. The smallest absolute Gasteiger partial charge is 0.236 e. The number of amides is 1. The summed E-state index contributed by atoms with van der Waals surface area (Å²) in [7, 11) is 3.73. The van der Waals surface area contributed by atoms with E-state index in [-0.39, 0.29) is 11.9 Å². The Morgan fingerprint density at radius 3 is 2.37 bits per heavy atom. The van der Waals surface area contributed by atoms with E-state index in [0.717, 1.165) is 5.56 Å². The molecule has 0 spiro atoms. The van der Waals surface area contributed by atoms with Crippen LogP contribution in [-0.2, 0) is 11.3 Å².